The Labute approximate surface area is 197 Å². The number of nitrogens with zero attached hydrogens (tertiary/aromatic N) is 3. The number of rotatable bonds is 11. The molecule has 11 heteroatoms. The van der Waals surface area contributed by atoms with E-state index in [9.17, 15) is 9.59 Å². The van der Waals surface area contributed by atoms with Gasteiger partial charge in [0.2, 0.25) is 5.91 Å². The van der Waals surface area contributed by atoms with Gasteiger partial charge in [0.25, 0.3) is 0 Å². The summed E-state index contributed by atoms with van der Waals surface area (Å²) in [5.74, 6) is 0.0327. The van der Waals surface area contributed by atoms with Crippen molar-refractivity contribution in [1.29, 1.82) is 0 Å². The summed E-state index contributed by atoms with van der Waals surface area (Å²) in [5, 5.41) is 22.6. The van der Waals surface area contributed by atoms with Crippen LogP contribution in [0.25, 0.3) is 5.65 Å². The van der Waals surface area contributed by atoms with Gasteiger partial charge in [-0.2, -0.15) is 0 Å². The standard InChI is InChI=1S/C23H30N6O5/c1-23(2,24)21(31)26-18(15-33-13-16-7-4-3-5-8-16)20-28-27-19-10-6-9-17(29(19)20)14-34-22(32)25-11-12-30/h3-10,18,30H,11-15,24H2,1-2H3,(H,25,32)(H,26,31)/t18-/m1/s1. The molecule has 0 saturated heterocycles. The number of amides is 2. The summed E-state index contributed by atoms with van der Waals surface area (Å²) in [4.78, 5) is 24.5. The fraction of sp³-hybridized carbons (Fsp3) is 0.391. The lowest BCUT2D eigenvalue weighted by atomic mass is 10.1. The summed E-state index contributed by atoms with van der Waals surface area (Å²) in [7, 11) is 0. The van der Waals surface area contributed by atoms with Crippen LogP contribution in [0.1, 0.15) is 37.0 Å². The Kier molecular flexibility index (Phi) is 8.52. The van der Waals surface area contributed by atoms with Crippen molar-refractivity contribution in [3.05, 3.63) is 65.6 Å². The second kappa shape index (κ2) is 11.5. The molecule has 0 unspecified atom stereocenters. The van der Waals surface area contributed by atoms with Crippen molar-refractivity contribution < 1.29 is 24.2 Å². The van der Waals surface area contributed by atoms with E-state index in [-0.39, 0.29) is 32.3 Å². The van der Waals surface area contributed by atoms with Gasteiger partial charge in [-0.25, -0.2) is 4.79 Å². The lowest BCUT2D eigenvalue weighted by molar-refractivity contribution is -0.126. The smallest absolute Gasteiger partial charge is 0.407 e. The van der Waals surface area contributed by atoms with Crippen LogP contribution in [0.4, 0.5) is 4.79 Å². The SMILES string of the molecule is CC(C)(N)C(=O)N[C@H](COCc1ccccc1)c1nnc2cccc(COC(=O)NCCO)n12. The van der Waals surface area contributed by atoms with Crippen LogP contribution in [0.15, 0.2) is 48.5 Å². The minimum atomic E-state index is -1.12. The molecule has 0 aliphatic rings. The van der Waals surface area contributed by atoms with Crippen LogP contribution in [0, 0.1) is 0 Å². The van der Waals surface area contributed by atoms with E-state index in [1.807, 2.05) is 30.3 Å². The number of aromatic nitrogens is 3. The van der Waals surface area contributed by atoms with Crippen molar-refractivity contribution in [3.8, 4) is 0 Å². The zero-order valence-corrected chi connectivity index (χ0v) is 19.2. The van der Waals surface area contributed by atoms with Gasteiger partial charge in [0.05, 0.1) is 31.1 Å². The number of hydrogen-bond donors (Lipinski definition) is 4. The molecule has 0 aliphatic heterocycles. The van der Waals surface area contributed by atoms with Gasteiger partial charge in [-0.3, -0.25) is 9.20 Å². The number of carbonyl (C=O) groups is 2. The molecule has 3 aromatic rings. The molecule has 34 heavy (non-hydrogen) atoms. The molecule has 3 rings (SSSR count). The highest BCUT2D eigenvalue weighted by Crippen LogP contribution is 2.18. The highest BCUT2D eigenvalue weighted by molar-refractivity contribution is 5.85. The van der Waals surface area contributed by atoms with E-state index in [4.69, 9.17) is 20.3 Å². The predicted octanol–water partition coefficient (Wildman–Crippen LogP) is 1.06. The molecule has 11 nitrogen and oxygen atoms in total. The Hall–Kier alpha value is -3.54. The Morgan fingerprint density at radius 1 is 1.12 bits per heavy atom. The third-order valence-electron chi connectivity index (χ3n) is 4.86. The lowest BCUT2D eigenvalue weighted by Crippen LogP contribution is -2.51. The van der Waals surface area contributed by atoms with Crippen LogP contribution in [-0.2, 0) is 27.5 Å². The van der Waals surface area contributed by atoms with Crippen molar-refractivity contribution in [2.75, 3.05) is 19.8 Å². The topological polar surface area (TPSA) is 153 Å². The molecule has 5 N–H and O–H groups in total. The Morgan fingerprint density at radius 2 is 1.88 bits per heavy atom. The first-order chi connectivity index (χ1) is 16.3. The van der Waals surface area contributed by atoms with Crippen LogP contribution in [0.3, 0.4) is 0 Å². The van der Waals surface area contributed by atoms with Gasteiger partial charge in [0, 0.05) is 6.54 Å². The molecule has 182 valence electrons. The Morgan fingerprint density at radius 3 is 2.59 bits per heavy atom. The second-order valence-electron chi connectivity index (χ2n) is 8.24. The molecule has 1 atom stereocenters. The molecule has 0 bridgehead atoms. The number of aliphatic hydroxyl groups is 1. The first-order valence-electron chi connectivity index (χ1n) is 10.9. The Balaban J connectivity index is 1.84. The second-order valence-corrected chi connectivity index (χ2v) is 8.24. The molecule has 2 heterocycles. The highest BCUT2D eigenvalue weighted by Gasteiger charge is 2.28. The minimum Gasteiger partial charge on any atom is -0.443 e. The van der Waals surface area contributed by atoms with E-state index in [0.29, 0.717) is 23.8 Å². The molecule has 0 fully saturated rings. The van der Waals surface area contributed by atoms with E-state index in [2.05, 4.69) is 20.8 Å². The average Bonchev–Trinajstić information content (AvgIpc) is 3.25. The van der Waals surface area contributed by atoms with E-state index >= 15 is 0 Å². The van der Waals surface area contributed by atoms with Crippen molar-refractivity contribution in [3.63, 3.8) is 0 Å². The molecule has 2 amide bonds. The van der Waals surface area contributed by atoms with Crippen LogP contribution in [-0.4, -0.2) is 57.0 Å². The normalized spacial score (nSPS) is 12.4. The third kappa shape index (κ3) is 6.73. The summed E-state index contributed by atoms with van der Waals surface area (Å²) in [6, 6.07) is 14.3. The molecular formula is C23H30N6O5. The van der Waals surface area contributed by atoms with Crippen molar-refractivity contribution in [2.24, 2.45) is 5.73 Å². The minimum absolute atomic E-state index is 0.0758. The maximum absolute atomic E-state index is 12.7. The van der Waals surface area contributed by atoms with Gasteiger partial charge >= 0.3 is 6.09 Å². The van der Waals surface area contributed by atoms with E-state index in [1.54, 1.807) is 36.4 Å². The van der Waals surface area contributed by atoms with Crippen LogP contribution >= 0.6 is 0 Å². The molecular weight excluding hydrogens is 440 g/mol. The number of hydrogen-bond acceptors (Lipinski definition) is 8. The van der Waals surface area contributed by atoms with Crippen LogP contribution < -0.4 is 16.4 Å². The largest absolute Gasteiger partial charge is 0.443 e. The highest BCUT2D eigenvalue weighted by atomic mass is 16.5. The maximum atomic E-state index is 12.7. The summed E-state index contributed by atoms with van der Waals surface area (Å²) in [5.41, 5.74) is 6.96. The number of pyridine rings is 1. The maximum Gasteiger partial charge on any atom is 0.407 e. The molecule has 0 spiro atoms. The summed E-state index contributed by atoms with van der Waals surface area (Å²) >= 11 is 0. The Bertz CT molecular complexity index is 1100. The zero-order chi connectivity index (χ0) is 24.6. The van der Waals surface area contributed by atoms with Gasteiger partial charge in [0.1, 0.15) is 12.6 Å². The fourth-order valence-corrected chi connectivity index (χ4v) is 3.11. The van der Waals surface area contributed by atoms with Crippen molar-refractivity contribution >= 4 is 17.6 Å². The molecule has 2 aromatic heterocycles. The number of carbonyl (C=O) groups excluding carboxylic acids is 2. The van der Waals surface area contributed by atoms with Gasteiger partial charge in [0.15, 0.2) is 11.5 Å². The summed E-state index contributed by atoms with van der Waals surface area (Å²) in [6.45, 7) is 3.49. The quantitative estimate of drug-likeness (QED) is 0.324. The zero-order valence-electron chi connectivity index (χ0n) is 19.2. The average molecular weight is 471 g/mol. The summed E-state index contributed by atoms with van der Waals surface area (Å²) < 4.78 is 12.8. The van der Waals surface area contributed by atoms with Crippen LogP contribution in [0.2, 0.25) is 0 Å². The molecule has 0 saturated carbocycles. The number of nitrogens with two attached hydrogens (primary N) is 1. The predicted molar refractivity (Wildman–Crippen MR) is 124 cm³/mol. The first-order valence-corrected chi connectivity index (χ1v) is 10.9. The molecule has 0 radical (unpaired) electrons. The number of fused-ring (bicyclic) bond motifs is 1. The fourth-order valence-electron chi connectivity index (χ4n) is 3.11. The van der Waals surface area contributed by atoms with E-state index < -0.39 is 17.7 Å². The lowest BCUT2D eigenvalue weighted by Gasteiger charge is -2.24. The molecule has 0 aliphatic carbocycles. The third-order valence-corrected chi connectivity index (χ3v) is 4.86. The first kappa shape index (κ1) is 25.1. The van der Waals surface area contributed by atoms with Gasteiger partial charge < -0.3 is 30.9 Å². The van der Waals surface area contributed by atoms with Crippen molar-refractivity contribution in [2.45, 2.75) is 38.6 Å². The van der Waals surface area contributed by atoms with Gasteiger partial charge in [-0.1, -0.05) is 36.4 Å². The number of nitrogens with one attached hydrogen (secondary N) is 2. The number of alkyl carbamates (subject to hydrolysis) is 1. The van der Waals surface area contributed by atoms with E-state index in [1.165, 1.54) is 0 Å². The number of ether oxygens (including phenoxy) is 2. The number of benzene rings is 1. The van der Waals surface area contributed by atoms with Gasteiger partial charge in [-0.15, -0.1) is 10.2 Å². The van der Waals surface area contributed by atoms with Crippen molar-refractivity contribution in [1.82, 2.24) is 25.2 Å². The van der Waals surface area contributed by atoms with E-state index in [0.717, 1.165) is 5.56 Å². The van der Waals surface area contributed by atoms with Crippen LogP contribution in [0.5, 0.6) is 0 Å². The molecule has 1 aromatic carbocycles. The summed E-state index contributed by atoms with van der Waals surface area (Å²) in [6.07, 6.45) is -0.665. The van der Waals surface area contributed by atoms with Gasteiger partial charge in [-0.05, 0) is 31.5 Å². The number of aliphatic hydroxyl groups excluding tert-OH is 1. The monoisotopic (exact) mass is 470 g/mol.